The van der Waals surface area contributed by atoms with Gasteiger partial charge in [-0.2, -0.15) is 5.10 Å². The highest BCUT2D eigenvalue weighted by Crippen LogP contribution is 2.14. The number of benzene rings is 1. The molecule has 2 amide bonds. The van der Waals surface area contributed by atoms with Gasteiger partial charge in [-0.15, -0.1) is 0 Å². The number of amides is 2. The van der Waals surface area contributed by atoms with Crippen LogP contribution >= 0.6 is 11.6 Å². The minimum atomic E-state index is -0.250. The molecule has 0 aliphatic carbocycles. The molecule has 0 spiro atoms. The first-order valence-corrected chi connectivity index (χ1v) is 9.90. The normalized spacial score (nSPS) is 12.9. The summed E-state index contributed by atoms with van der Waals surface area (Å²) >= 11 is 5.97. The smallest absolute Gasteiger partial charge is 0.290 e. The van der Waals surface area contributed by atoms with E-state index in [4.69, 9.17) is 21.5 Å². The molecule has 1 aromatic carbocycles. The lowest BCUT2D eigenvalue weighted by molar-refractivity contribution is -0.123. The Morgan fingerprint density at radius 3 is 2.73 bits per heavy atom. The standard InChI is InChI=1S/C19H24ClN5O2.CH2O2/c1-14(26)22-11-17-10-18-12-24(7-8-25(18)23-17)13-19(27)21-6-5-15-3-2-4-16(20)9-15;2-1-3/h2-4,9-10H,5-8,11-13H2,1H3,(H,21,27)(H,22,26);1H,(H,2,3). The summed E-state index contributed by atoms with van der Waals surface area (Å²) in [5.41, 5.74) is 3.01. The number of aromatic nitrogens is 2. The topological polar surface area (TPSA) is 117 Å². The van der Waals surface area contributed by atoms with E-state index in [-0.39, 0.29) is 18.3 Å². The van der Waals surface area contributed by atoms with Gasteiger partial charge in [0.2, 0.25) is 11.8 Å². The van der Waals surface area contributed by atoms with Crippen molar-refractivity contribution in [2.75, 3.05) is 19.6 Å². The van der Waals surface area contributed by atoms with Crippen molar-refractivity contribution in [3.63, 3.8) is 0 Å². The van der Waals surface area contributed by atoms with Crippen LogP contribution in [0.3, 0.4) is 0 Å². The van der Waals surface area contributed by atoms with E-state index < -0.39 is 0 Å². The van der Waals surface area contributed by atoms with Crippen molar-refractivity contribution in [3.05, 3.63) is 52.3 Å². The van der Waals surface area contributed by atoms with Gasteiger partial charge < -0.3 is 15.7 Å². The highest BCUT2D eigenvalue weighted by molar-refractivity contribution is 6.30. The second-order valence-corrected chi connectivity index (χ2v) is 7.24. The molecule has 1 aromatic heterocycles. The van der Waals surface area contributed by atoms with E-state index >= 15 is 0 Å². The van der Waals surface area contributed by atoms with Crippen molar-refractivity contribution in [3.8, 4) is 0 Å². The highest BCUT2D eigenvalue weighted by atomic mass is 35.5. The molecule has 0 saturated heterocycles. The van der Waals surface area contributed by atoms with Crippen molar-refractivity contribution in [2.45, 2.75) is 33.0 Å². The van der Waals surface area contributed by atoms with Gasteiger partial charge in [0.05, 0.1) is 31.0 Å². The van der Waals surface area contributed by atoms with E-state index in [0.717, 1.165) is 36.5 Å². The van der Waals surface area contributed by atoms with Crippen LogP contribution in [0, 0.1) is 0 Å². The Bertz CT molecular complexity index is 871. The Labute approximate surface area is 180 Å². The third kappa shape index (κ3) is 7.84. The van der Waals surface area contributed by atoms with Crippen molar-refractivity contribution >= 4 is 29.9 Å². The molecule has 10 heteroatoms. The van der Waals surface area contributed by atoms with Crippen LogP contribution in [-0.2, 0) is 40.4 Å². The van der Waals surface area contributed by atoms with Crippen molar-refractivity contribution in [2.24, 2.45) is 0 Å². The van der Waals surface area contributed by atoms with E-state index in [9.17, 15) is 9.59 Å². The number of nitrogens with one attached hydrogen (secondary N) is 2. The van der Waals surface area contributed by atoms with Gasteiger partial charge in [0.15, 0.2) is 0 Å². The average Bonchev–Trinajstić information content (AvgIpc) is 3.09. The molecular formula is C20H26ClN5O4. The summed E-state index contributed by atoms with van der Waals surface area (Å²) in [5.74, 6) is -0.0551. The van der Waals surface area contributed by atoms with Crippen LogP contribution in [0.1, 0.15) is 23.9 Å². The highest BCUT2D eigenvalue weighted by Gasteiger charge is 2.20. The Morgan fingerprint density at radius 2 is 2.03 bits per heavy atom. The third-order valence-electron chi connectivity index (χ3n) is 4.44. The van der Waals surface area contributed by atoms with Crippen LogP contribution in [0.2, 0.25) is 5.02 Å². The predicted octanol–water partition coefficient (Wildman–Crippen LogP) is 1.05. The average molecular weight is 436 g/mol. The number of fused-ring (bicyclic) bond motifs is 1. The zero-order chi connectivity index (χ0) is 21.9. The summed E-state index contributed by atoms with van der Waals surface area (Å²) in [6.45, 7) is 4.81. The SMILES string of the molecule is CC(=O)NCc1cc2n(n1)CCN(CC(=O)NCCc1cccc(Cl)c1)C2.O=CO. The molecule has 162 valence electrons. The Morgan fingerprint density at radius 1 is 1.27 bits per heavy atom. The lowest BCUT2D eigenvalue weighted by atomic mass is 10.1. The molecule has 0 unspecified atom stereocenters. The molecule has 3 N–H and O–H groups in total. The van der Waals surface area contributed by atoms with E-state index in [1.807, 2.05) is 35.0 Å². The monoisotopic (exact) mass is 435 g/mol. The number of hydrogen-bond acceptors (Lipinski definition) is 5. The van der Waals surface area contributed by atoms with Crippen LogP contribution in [0.5, 0.6) is 0 Å². The number of hydrogen-bond donors (Lipinski definition) is 3. The maximum Gasteiger partial charge on any atom is 0.290 e. The molecular weight excluding hydrogens is 410 g/mol. The first-order valence-electron chi connectivity index (χ1n) is 9.52. The van der Waals surface area contributed by atoms with Gasteiger partial charge in [0.25, 0.3) is 6.47 Å². The lowest BCUT2D eigenvalue weighted by Crippen LogP contribution is -2.41. The summed E-state index contributed by atoms with van der Waals surface area (Å²) in [6, 6.07) is 9.66. The number of nitrogens with zero attached hydrogens (tertiary/aromatic N) is 3. The van der Waals surface area contributed by atoms with Crippen LogP contribution in [0.15, 0.2) is 30.3 Å². The van der Waals surface area contributed by atoms with Crippen molar-refractivity contribution in [1.29, 1.82) is 0 Å². The van der Waals surface area contributed by atoms with E-state index in [0.29, 0.717) is 31.2 Å². The molecule has 0 radical (unpaired) electrons. The largest absolute Gasteiger partial charge is 0.483 e. The summed E-state index contributed by atoms with van der Waals surface area (Å²) in [7, 11) is 0. The van der Waals surface area contributed by atoms with E-state index in [2.05, 4.69) is 20.6 Å². The molecule has 9 nitrogen and oxygen atoms in total. The van der Waals surface area contributed by atoms with Crippen LogP contribution < -0.4 is 10.6 Å². The maximum atomic E-state index is 12.2. The van der Waals surface area contributed by atoms with E-state index in [1.54, 1.807) is 0 Å². The predicted molar refractivity (Wildman–Crippen MR) is 112 cm³/mol. The Balaban J connectivity index is 0.00000101. The zero-order valence-corrected chi connectivity index (χ0v) is 17.6. The van der Waals surface area contributed by atoms with Gasteiger partial charge in [-0.25, -0.2) is 0 Å². The summed E-state index contributed by atoms with van der Waals surface area (Å²) in [6.07, 6.45) is 0.756. The summed E-state index contributed by atoms with van der Waals surface area (Å²) in [4.78, 5) is 33.7. The number of carbonyl (C=O) groups is 3. The fraction of sp³-hybridized carbons (Fsp3) is 0.400. The quantitative estimate of drug-likeness (QED) is 0.560. The molecule has 0 atom stereocenters. The summed E-state index contributed by atoms with van der Waals surface area (Å²) < 4.78 is 1.95. The number of rotatable bonds is 7. The molecule has 0 saturated carbocycles. The molecule has 0 fully saturated rings. The molecule has 1 aliphatic rings. The Hall–Kier alpha value is -2.91. The van der Waals surface area contributed by atoms with Gasteiger partial charge in [0.1, 0.15) is 0 Å². The van der Waals surface area contributed by atoms with Gasteiger partial charge >= 0.3 is 0 Å². The van der Waals surface area contributed by atoms with E-state index in [1.165, 1.54) is 6.92 Å². The number of carbonyl (C=O) groups excluding carboxylic acids is 2. The van der Waals surface area contributed by atoms with Gasteiger partial charge in [-0.3, -0.25) is 24.0 Å². The van der Waals surface area contributed by atoms with Crippen LogP contribution in [0.4, 0.5) is 0 Å². The van der Waals surface area contributed by atoms with Gasteiger partial charge in [0, 0.05) is 31.6 Å². The Kier molecular flexibility index (Phi) is 9.30. The molecule has 2 heterocycles. The first-order chi connectivity index (χ1) is 14.4. The zero-order valence-electron chi connectivity index (χ0n) is 16.8. The first kappa shape index (κ1) is 23.4. The minimum absolute atomic E-state index is 0.0171. The summed E-state index contributed by atoms with van der Waals surface area (Å²) in [5, 5.41) is 17.8. The van der Waals surface area contributed by atoms with Crippen molar-refractivity contribution in [1.82, 2.24) is 25.3 Å². The molecule has 0 bridgehead atoms. The second kappa shape index (κ2) is 11.9. The lowest BCUT2D eigenvalue weighted by Gasteiger charge is -2.26. The third-order valence-corrected chi connectivity index (χ3v) is 4.67. The van der Waals surface area contributed by atoms with Crippen LogP contribution in [-0.4, -0.2) is 57.7 Å². The van der Waals surface area contributed by atoms with Crippen LogP contribution in [0.25, 0.3) is 0 Å². The molecule has 30 heavy (non-hydrogen) atoms. The second-order valence-electron chi connectivity index (χ2n) is 6.81. The minimum Gasteiger partial charge on any atom is -0.483 e. The van der Waals surface area contributed by atoms with Gasteiger partial charge in [-0.1, -0.05) is 23.7 Å². The molecule has 2 aromatic rings. The van der Waals surface area contributed by atoms with Crippen molar-refractivity contribution < 1.29 is 19.5 Å². The fourth-order valence-corrected chi connectivity index (χ4v) is 3.33. The molecule has 3 rings (SSSR count). The van der Waals surface area contributed by atoms with Gasteiger partial charge in [-0.05, 0) is 30.2 Å². The number of carboxylic acid groups (broad SMARTS) is 1. The fourth-order valence-electron chi connectivity index (χ4n) is 3.11. The maximum absolute atomic E-state index is 12.2. The molecule has 1 aliphatic heterocycles. The number of halogens is 1.